The van der Waals surface area contributed by atoms with E-state index in [1.54, 1.807) is 36.4 Å². The highest BCUT2D eigenvalue weighted by Gasteiger charge is 2.18. The highest BCUT2D eigenvalue weighted by Crippen LogP contribution is 2.30. The molecular weight excluding hydrogens is 535 g/mol. The predicted octanol–water partition coefficient (Wildman–Crippen LogP) is 6.44. The van der Waals surface area contributed by atoms with Crippen LogP contribution >= 0.6 is 57.4 Å². The standard InChI is InChI=1S/C20H11Cl3INO3/c21-11-3-1-10(2-4-11)18(26)14-9-13(5-6-16(14)23)25-20(28)15-7-12(22)8-17(24)19(15)27/h1-9,27H,(H,25,28). The molecule has 142 valence electrons. The number of aromatic hydroxyl groups is 1. The molecule has 0 aliphatic rings. The van der Waals surface area contributed by atoms with Crippen LogP contribution in [0.5, 0.6) is 5.75 Å². The van der Waals surface area contributed by atoms with Crippen LogP contribution in [0, 0.1) is 3.57 Å². The van der Waals surface area contributed by atoms with E-state index in [2.05, 4.69) is 5.32 Å². The first-order valence-electron chi connectivity index (χ1n) is 7.85. The first-order chi connectivity index (χ1) is 13.3. The number of nitrogens with one attached hydrogen (secondary N) is 1. The van der Waals surface area contributed by atoms with Crippen LogP contribution in [-0.2, 0) is 0 Å². The summed E-state index contributed by atoms with van der Waals surface area (Å²) < 4.78 is 0.449. The zero-order chi connectivity index (χ0) is 20.4. The van der Waals surface area contributed by atoms with E-state index in [-0.39, 0.29) is 27.7 Å². The molecule has 0 radical (unpaired) electrons. The van der Waals surface area contributed by atoms with Crippen molar-refractivity contribution in [2.45, 2.75) is 0 Å². The number of phenols is 1. The molecule has 3 aromatic rings. The summed E-state index contributed by atoms with van der Waals surface area (Å²) in [5.41, 5.74) is 1.02. The maximum atomic E-state index is 12.7. The highest BCUT2D eigenvalue weighted by molar-refractivity contribution is 14.1. The number of carbonyl (C=O) groups is 2. The van der Waals surface area contributed by atoms with Gasteiger partial charge in [-0.15, -0.1) is 0 Å². The van der Waals surface area contributed by atoms with Gasteiger partial charge < -0.3 is 10.4 Å². The first kappa shape index (κ1) is 20.9. The Kier molecular flexibility index (Phi) is 6.50. The van der Waals surface area contributed by atoms with Gasteiger partial charge in [-0.1, -0.05) is 34.8 Å². The van der Waals surface area contributed by atoms with Crippen molar-refractivity contribution in [2.24, 2.45) is 0 Å². The lowest BCUT2D eigenvalue weighted by atomic mass is 10.0. The Bertz CT molecular complexity index is 1080. The van der Waals surface area contributed by atoms with E-state index in [9.17, 15) is 14.7 Å². The molecule has 3 rings (SSSR count). The Hall–Kier alpha value is -1.80. The number of rotatable bonds is 4. The molecule has 4 nitrogen and oxygen atoms in total. The SMILES string of the molecule is O=C(c1ccc(Cl)cc1)c1cc(NC(=O)c2cc(Cl)cc(I)c2O)ccc1Cl. The van der Waals surface area contributed by atoms with Crippen LogP contribution in [0.15, 0.2) is 54.6 Å². The van der Waals surface area contributed by atoms with Crippen molar-refractivity contribution >= 4 is 74.8 Å². The van der Waals surface area contributed by atoms with Crippen molar-refractivity contribution < 1.29 is 14.7 Å². The zero-order valence-electron chi connectivity index (χ0n) is 14.0. The van der Waals surface area contributed by atoms with Crippen molar-refractivity contribution in [1.82, 2.24) is 0 Å². The van der Waals surface area contributed by atoms with Crippen molar-refractivity contribution in [3.05, 3.63) is 89.9 Å². The number of benzene rings is 3. The quantitative estimate of drug-likeness (QED) is 0.292. The normalized spacial score (nSPS) is 10.6. The zero-order valence-corrected chi connectivity index (χ0v) is 18.4. The van der Waals surface area contributed by atoms with E-state index in [1.165, 1.54) is 18.2 Å². The van der Waals surface area contributed by atoms with E-state index in [0.29, 0.717) is 24.9 Å². The minimum atomic E-state index is -0.565. The lowest BCUT2D eigenvalue weighted by molar-refractivity contribution is 0.101. The number of carbonyl (C=O) groups excluding carboxylic acids is 2. The number of ketones is 1. The summed E-state index contributed by atoms with van der Waals surface area (Å²) in [6, 6.07) is 13.9. The molecule has 3 aromatic carbocycles. The van der Waals surface area contributed by atoms with Crippen molar-refractivity contribution in [3.63, 3.8) is 0 Å². The van der Waals surface area contributed by atoms with Crippen LogP contribution in [0.2, 0.25) is 15.1 Å². The Morgan fingerprint density at radius 3 is 2.21 bits per heavy atom. The second kappa shape index (κ2) is 8.69. The molecule has 0 bridgehead atoms. The molecular formula is C20H11Cl3INO3. The minimum Gasteiger partial charge on any atom is -0.506 e. The fraction of sp³-hybridized carbons (Fsp3) is 0. The molecule has 0 unspecified atom stereocenters. The lowest BCUT2D eigenvalue weighted by Gasteiger charge is -2.11. The summed E-state index contributed by atoms with van der Waals surface area (Å²) in [5, 5.41) is 13.8. The van der Waals surface area contributed by atoms with Gasteiger partial charge in [-0.2, -0.15) is 0 Å². The van der Waals surface area contributed by atoms with Gasteiger partial charge >= 0.3 is 0 Å². The van der Waals surface area contributed by atoms with E-state index >= 15 is 0 Å². The second-order valence-corrected chi connectivity index (χ2v) is 8.21. The average molecular weight is 547 g/mol. The van der Waals surface area contributed by atoms with Gasteiger partial charge in [-0.25, -0.2) is 0 Å². The van der Waals surface area contributed by atoms with Gasteiger partial charge in [0.1, 0.15) is 5.75 Å². The van der Waals surface area contributed by atoms with E-state index in [0.717, 1.165) is 0 Å². The van der Waals surface area contributed by atoms with Crippen molar-refractivity contribution in [1.29, 1.82) is 0 Å². The lowest BCUT2D eigenvalue weighted by Crippen LogP contribution is -2.13. The van der Waals surface area contributed by atoms with Gasteiger partial charge in [0.15, 0.2) is 5.78 Å². The summed E-state index contributed by atoms with van der Waals surface area (Å²) in [6.07, 6.45) is 0. The van der Waals surface area contributed by atoms with Gasteiger partial charge in [-0.05, 0) is 77.2 Å². The van der Waals surface area contributed by atoms with Gasteiger partial charge in [0.2, 0.25) is 0 Å². The monoisotopic (exact) mass is 545 g/mol. The molecule has 0 atom stereocenters. The second-order valence-electron chi connectivity index (χ2n) is 5.77. The first-order valence-corrected chi connectivity index (χ1v) is 10.1. The highest BCUT2D eigenvalue weighted by atomic mass is 127. The molecule has 0 aliphatic heterocycles. The van der Waals surface area contributed by atoms with Crippen LogP contribution in [0.4, 0.5) is 5.69 Å². The Morgan fingerprint density at radius 1 is 0.857 bits per heavy atom. The van der Waals surface area contributed by atoms with Gasteiger partial charge in [0.05, 0.1) is 14.2 Å². The maximum absolute atomic E-state index is 12.7. The summed E-state index contributed by atoms with van der Waals surface area (Å²) in [5.74, 6) is -1.04. The van der Waals surface area contributed by atoms with Gasteiger partial charge in [0, 0.05) is 26.9 Å². The Morgan fingerprint density at radius 2 is 1.54 bits per heavy atom. The number of hydrogen-bond acceptors (Lipinski definition) is 3. The molecule has 0 spiro atoms. The molecule has 0 saturated carbocycles. The fourth-order valence-corrected chi connectivity index (χ4v) is 3.83. The smallest absolute Gasteiger partial charge is 0.259 e. The Balaban J connectivity index is 1.90. The summed E-state index contributed by atoms with van der Waals surface area (Å²) in [4.78, 5) is 25.3. The third-order valence-electron chi connectivity index (χ3n) is 3.85. The van der Waals surface area contributed by atoms with E-state index < -0.39 is 5.91 Å². The fourth-order valence-electron chi connectivity index (χ4n) is 2.47. The number of amides is 1. The molecule has 0 aromatic heterocycles. The van der Waals surface area contributed by atoms with Crippen LogP contribution in [-0.4, -0.2) is 16.8 Å². The van der Waals surface area contributed by atoms with Crippen molar-refractivity contribution in [2.75, 3.05) is 5.32 Å². The van der Waals surface area contributed by atoms with Crippen LogP contribution in [0.3, 0.4) is 0 Å². The van der Waals surface area contributed by atoms with Gasteiger partial charge in [-0.3, -0.25) is 9.59 Å². The minimum absolute atomic E-state index is 0.0254. The summed E-state index contributed by atoms with van der Waals surface area (Å²) in [6.45, 7) is 0. The molecule has 0 saturated heterocycles. The van der Waals surface area contributed by atoms with Crippen LogP contribution in [0.1, 0.15) is 26.3 Å². The number of hydrogen-bond donors (Lipinski definition) is 2. The van der Waals surface area contributed by atoms with Crippen LogP contribution < -0.4 is 5.32 Å². The van der Waals surface area contributed by atoms with Crippen molar-refractivity contribution in [3.8, 4) is 5.75 Å². The largest absolute Gasteiger partial charge is 0.506 e. The van der Waals surface area contributed by atoms with Gasteiger partial charge in [0.25, 0.3) is 5.91 Å². The predicted molar refractivity (Wildman–Crippen MR) is 120 cm³/mol. The van der Waals surface area contributed by atoms with E-state index in [4.69, 9.17) is 34.8 Å². The number of halogens is 4. The van der Waals surface area contributed by atoms with E-state index in [1.807, 2.05) is 22.6 Å². The molecule has 2 N–H and O–H groups in total. The summed E-state index contributed by atoms with van der Waals surface area (Å²) in [7, 11) is 0. The topological polar surface area (TPSA) is 66.4 Å². The molecule has 28 heavy (non-hydrogen) atoms. The molecule has 8 heteroatoms. The maximum Gasteiger partial charge on any atom is 0.259 e. The van der Waals surface area contributed by atoms with Crippen LogP contribution in [0.25, 0.3) is 0 Å². The molecule has 1 amide bonds. The Labute approximate surface area is 189 Å². The molecule has 0 heterocycles. The average Bonchev–Trinajstić information content (AvgIpc) is 2.66. The third-order valence-corrected chi connectivity index (χ3v) is 5.47. The number of anilines is 1. The third kappa shape index (κ3) is 4.60. The molecule has 0 aliphatic carbocycles. The number of phenolic OH excluding ortho intramolecular Hbond substituents is 1. The molecule has 0 fully saturated rings. The summed E-state index contributed by atoms with van der Waals surface area (Å²) >= 11 is 19.9.